The van der Waals surface area contributed by atoms with Gasteiger partial charge in [-0.1, -0.05) is 0 Å². The van der Waals surface area contributed by atoms with Crippen molar-refractivity contribution in [3.63, 3.8) is 0 Å². The van der Waals surface area contributed by atoms with E-state index in [4.69, 9.17) is 0 Å². The Balaban J connectivity index is 1.40. The van der Waals surface area contributed by atoms with Gasteiger partial charge in [0.25, 0.3) is 0 Å². The van der Waals surface area contributed by atoms with Crippen LogP contribution in [0, 0.1) is 17.8 Å². The molecule has 0 spiro atoms. The first kappa shape index (κ1) is 15.2. The van der Waals surface area contributed by atoms with Gasteiger partial charge in [0.1, 0.15) is 6.54 Å². The van der Waals surface area contributed by atoms with E-state index in [1.165, 1.54) is 28.4 Å². The zero-order chi connectivity index (χ0) is 17.2. The molecule has 0 saturated heterocycles. The number of carbonyl (C=O) groups is 1. The Morgan fingerprint density at radius 2 is 1.88 bits per heavy atom. The summed E-state index contributed by atoms with van der Waals surface area (Å²) in [6.07, 6.45) is 9.09. The van der Waals surface area contributed by atoms with Crippen LogP contribution in [0.3, 0.4) is 0 Å². The average molecular weight is 340 g/mol. The molecule has 0 aliphatic heterocycles. The van der Waals surface area contributed by atoms with Gasteiger partial charge in [0, 0.05) is 18.8 Å². The van der Waals surface area contributed by atoms with Crippen molar-refractivity contribution in [2.45, 2.75) is 50.6 Å². The first-order valence-electron chi connectivity index (χ1n) is 9.34. The van der Waals surface area contributed by atoms with Crippen LogP contribution >= 0.6 is 0 Å². The predicted molar refractivity (Wildman–Crippen MR) is 94.0 cm³/mol. The average Bonchev–Trinajstić information content (AvgIpc) is 2.78. The van der Waals surface area contributed by atoms with Crippen LogP contribution in [0.1, 0.15) is 38.5 Å². The van der Waals surface area contributed by atoms with Gasteiger partial charge in [-0.25, -0.2) is 9.78 Å². The lowest BCUT2D eigenvalue weighted by Crippen LogP contribution is -2.60. The lowest BCUT2D eigenvalue weighted by molar-refractivity contribution is -0.127. The highest BCUT2D eigenvalue weighted by Gasteiger charge is 2.51. The normalized spacial score (nSPS) is 33.1. The first-order chi connectivity index (χ1) is 12.0. The van der Waals surface area contributed by atoms with Gasteiger partial charge < -0.3 is 5.32 Å². The fourth-order valence-electron chi connectivity index (χ4n) is 6.13. The number of nitrogens with one attached hydrogen (secondary N) is 1. The van der Waals surface area contributed by atoms with Crippen LogP contribution < -0.4 is 11.0 Å². The number of fused-ring (bicyclic) bond motifs is 1. The van der Waals surface area contributed by atoms with E-state index < -0.39 is 0 Å². The molecule has 4 aliphatic rings. The number of amides is 1. The van der Waals surface area contributed by atoms with Crippen molar-refractivity contribution in [2.75, 3.05) is 0 Å². The van der Waals surface area contributed by atoms with E-state index in [1.807, 2.05) is 6.07 Å². The maximum Gasteiger partial charge on any atom is 0.330 e. The first-order valence-corrected chi connectivity index (χ1v) is 9.34. The van der Waals surface area contributed by atoms with Crippen LogP contribution in [0.4, 0.5) is 0 Å². The van der Waals surface area contributed by atoms with Crippen molar-refractivity contribution in [1.29, 1.82) is 0 Å². The largest absolute Gasteiger partial charge is 0.349 e. The molecule has 1 N–H and O–H groups in total. The molecule has 2 aromatic heterocycles. The lowest BCUT2D eigenvalue weighted by atomic mass is 9.53. The van der Waals surface area contributed by atoms with Crippen molar-refractivity contribution in [1.82, 2.24) is 19.4 Å². The molecule has 4 aliphatic carbocycles. The van der Waals surface area contributed by atoms with Gasteiger partial charge in [0.2, 0.25) is 5.91 Å². The summed E-state index contributed by atoms with van der Waals surface area (Å²) in [5, 5.41) is 3.35. The van der Waals surface area contributed by atoms with E-state index in [2.05, 4.69) is 10.3 Å². The molecular formula is C19H24N4O2. The number of hydrogen-bond donors (Lipinski definition) is 1. The monoisotopic (exact) mass is 340 g/mol. The Morgan fingerprint density at radius 3 is 2.52 bits per heavy atom. The maximum absolute atomic E-state index is 12.8. The van der Waals surface area contributed by atoms with Crippen LogP contribution in [0.2, 0.25) is 0 Å². The highest BCUT2D eigenvalue weighted by atomic mass is 16.2. The highest BCUT2D eigenvalue weighted by Crippen LogP contribution is 2.55. The number of imidazole rings is 1. The second-order valence-corrected chi connectivity index (χ2v) is 8.52. The van der Waals surface area contributed by atoms with Crippen LogP contribution in [-0.4, -0.2) is 25.6 Å². The fraction of sp³-hybridized carbons (Fsp3) is 0.632. The number of aromatic nitrogens is 3. The van der Waals surface area contributed by atoms with Crippen LogP contribution in [-0.2, 0) is 18.4 Å². The molecule has 4 fully saturated rings. The molecule has 1 amide bonds. The number of pyridine rings is 1. The van der Waals surface area contributed by atoms with E-state index in [1.54, 1.807) is 19.3 Å². The molecule has 2 heterocycles. The third-order valence-electron chi connectivity index (χ3n) is 6.64. The molecular weight excluding hydrogens is 316 g/mol. The second-order valence-electron chi connectivity index (χ2n) is 8.52. The van der Waals surface area contributed by atoms with E-state index in [-0.39, 0.29) is 23.7 Å². The molecule has 4 saturated carbocycles. The summed E-state index contributed by atoms with van der Waals surface area (Å²) in [7, 11) is 1.70. The van der Waals surface area contributed by atoms with Crippen LogP contribution in [0.25, 0.3) is 11.2 Å². The van der Waals surface area contributed by atoms with Gasteiger partial charge in [-0.3, -0.25) is 13.9 Å². The van der Waals surface area contributed by atoms with Gasteiger partial charge in [-0.05, 0) is 68.4 Å². The summed E-state index contributed by atoms with van der Waals surface area (Å²) in [6.45, 7) is 0.0730. The molecule has 0 atom stereocenters. The number of nitrogens with zero attached hydrogens (tertiary/aromatic N) is 3. The molecule has 6 heteroatoms. The molecule has 4 bridgehead atoms. The van der Waals surface area contributed by atoms with Gasteiger partial charge in [-0.2, -0.15) is 0 Å². The molecule has 6 rings (SSSR count). The minimum atomic E-state index is -0.186. The smallest absolute Gasteiger partial charge is 0.330 e. The van der Waals surface area contributed by atoms with E-state index >= 15 is 0 Å². The van der Waals surface area contributed by atoms with Crippen LogP contribution in [0.15, 0.2) is 23.1 Å². The number of hydrogen-bond acceptors (Lipinski definition) is 3. The summed E-state index contributed by atoms with van der Waals surface area (Å²) in [5.41, 5.74) is 1.14. The van der Waals surface area contributed by atoms with E-state index in [0.717, 1.165) is 42.5 Å². The quantitative estimate of drug-likeness (QED) is 0.927. The summed E-state index contributed by atoms with van der Waals surface area (Å²) < 4.78 is 3.05. The Kier molecular flexibility index (Phi) is 3.15. The Bertz CT molecular complexity index is 874. The van der Waals surface area contributed by atoms with Crippen molar-refractivity contribution in [3.8, 4) is 0 Å². The molecule has 0 unspecified atom stereocenters. The zero-order valence-corrected chi connectivity index (χ0v) is 14.6. The van der Waals surface area contributed by atoms with Gasteiger partial charge >= 0.3 is 5.69 Å². The SMILES string of the molecule is Cn1c(=O)n(CC(=O)NC23CC4CC(CC(C4)C2)C3)c2cccnc21. The Morgan fingerprint density at radius 1 is 1.24 bits per heavy atom. The molecule has 0 aromatic carbocycles. The number of carbonyl (C=O) groups excluding carboxylic acids is 1. The molecule has 25 heavy (non-hydrogen) atoms. The summed E-state index contributed by atoms with van der Waals surface area (Å²) in [4.78, 5) is 29.6. The predicted octanol–water partition coefficient (Wildman–Crippen LogP) is 1.82. The van der Waals surface area contributed by atoms with Gasteiger partial charge in [0.15, 0.2) is 5.65 Å². The van der Waals surface area contributed by atoms with Crippen molar-refractivity contribution >= 4 is 17.1 Å². The molecule has 2 aromatic rings. The summed E-state index contributed by atoms with van der Waals surface area (Å²) in [5.74, 6) is 2.32. The minimum absolute atomic E-state index is 0.0156. The standard InChI is InChI=1S/C19H24N4O2/c1-22-17-15(3-2-4-20-17)23(18(22)25)11-16(24)21-19-8-12-5-13(9-19)7-14(6-12)10-19/h2-4,12-14H,5-11H2,1H3,(H,21,24). The van der Waals surface area contributed by atoms with Crippen LogP contribution in [0.5, 0.6) is 0 Å². The molecule has 6 nitrogen and oxygen atoms in total. The lowest BCUT2D eigenvalue weighted by Gasteiger charge is -2.56. The second kappa shape index (κ2) is 5.19. The number of rotatable bonds is 3. The summed E-state index contributed by atoms with van der Waals surface area (Å²) >= 11 is 0. The van der Waals surface area contributed by atoms with E-state index in [0.29, 0.717) is 5.65 Å². The third-order valence-corrected chi connectivity index (χ3v) is 6.64. The van der Waals surface area contributed by atoms with Gasteiger partial charge in [0.05, 0.1) is 5.52 Å². The van der Waals surface area contributed by atoms with Crippen molar-refractivity contribution in [2.24, 2.45) is 24.8 Å². The third kappa shape index (κ3) is 2.34. The van der Waals surface area contributed by atoms with Gasteiger partial charge in [-0.15, -0.1) is 0 Å². The van der Waals surface area contributed by atoms with Crippen molar-refractivity contribution in [3.05, 3.63) is 28.8 Å². The fourth-order valence-corrected chi connectivity index (χ4v) is 6.13. The highest BCUT2D eigenvalue weighted by molar-refractivity contribution is 5.79. The minimum Gasteiger partial charge on any atom is -0.349 e. The zero-order valence-electron chi connectivity index (χ0n) is 14.6. The molecule has 132 valence electrons. The maximum atomic E-state index is 12.8. The Hall–Kier alpha value is -2.11. The summed E-state index contributed by atoms with van der Waals surface area (Å²) in [6, 6.07) is 3.65. The molecule has 0 radical (unpaired) electrons. The van der Waals surface area contributed by atoms with E-state index in [9.17, 15) is 9.59 Å². The topological polar surface area (TPSA) is 68.9 Å². The van der Waals surface area contributed by atoms with Crippen molar-refractivity contribution < 1.29 is 4.79 Å². The number of aryl methyl sites for hydroxylation is 1. The Labute approximate surface area is 146 Å².